The van der Waals surface area contributed by atoms with Gasteiger partial charge in [0.1, 0.15) is 5.84 Å². The highest BCUT2D eigenvalue weighted by atomic mass is 15.0. The standard InChI is InChI=1S/C61H45N7/c1-38-19-28-55(65-37-38)44-13-10-12-43(32-44)45-33-46(51-36-53-56(49-15-5-4-14-48(49)51)50-16-6-7-17-52(50)61(53,2)3)35-47(34-45)60-67-58(41-22-20-39(21-23-41)54-18-8-9-29-62-54)66-59(68-60)42-26-24-40(25-27-42)57-63-30-11-31-64-57/h4-30,32-37H,31H2,1-3H3,(H,63,64). The first-order valence-corrected chi connectivity index (χ1v) is 23.0. The number of benzene rings is 7. The maximum absolute atomic E-state index is 5.32. The highest BCUT2D eigenvalue weighted by molar-refractivity contribution is 6.09. The summed E-state index contributed by atoms with van der Waals surface area (Å²) < 4.78 is 0. The van der Waals surface area contributed by atoms with Gasteiger partial charge in [0.25, 0.3) is 0 Å². The van der Waals surface area contributed by atoms with Crippen molar-refractivity contribution in [3.05, 3.63) is 223 Å². The van der Waals surface area contributed by atoms with E-state index >= 15 is 0 Å². The topological polar surface area (TPSA) is 88.8 Å². The lowest BCUT2D eigenvalue weighted by molar-refractivity contribution is 0.661. The third-order valence-corrected chi connectivity index (χ3v) is 13.3. The summed E-state index contributed by atoms with van der Waals surface area (Å²) in [6.45, 7) is 7.50. The lowest BCUT2D eigenvalue weighted by Gasteiger charge is -2.23. The first-order valence-electron chi connectivity index (χ1n) is 23.0. The van der Waals surface area contributed by atoms with E-state index in [2.05, 4.69) is 194 Å². The van der Waals surface area contributed by atoms with Crippen molar-refractivity contribution in [1.29, 1.82) is 0 Å². The number of amidine groups is 1. The Kier molecular flexibility index (Phi) is 9.98. The normalized spacial score (nSPS) is 13.4. The van der Waals surface area contributed by atoms with Crippen LogP contribution in [-0.2, 0) is 5.41 Å². The van der Waals surface area contributed by atoms with E-state index in [1.54, 1.807) is 0 Å². The van der Waals surface area contributed by atoms with Crippen LogP contribution >= 0.6 is 0 Å². The van der Waals surface area contributed by atoms with Gasteiger partial charge in [-0.15, -0.1) is 0 Å². The summed E-state index contributed by atoms with van der Waals surface area (Å²) in [5, 5.41) is 5.80. The molecular formula is C61H45N7. The molecule has 7 heteroatoms. The highest BCUT2D eigenvalue weighted by Crippen LogP contribution is 2.53. The van der Waals surface area contributed by atoms with Crippen molar-refractivity contribution < 1.29 is 0 Å². The molecule has 0 unspecified atom stereocenters. The van der Waals surface area contributed by atoms with Gasteiger partial charge in [-0.05, 0) is 122 Å². The van der Waals surface area contributed by atoms with Crippen LogP contribution in [0.4, 0.5) is 0 Å². The number of rotatable bonds is 8. The van der Waals surface area contributed by atoms with Gasteiger partial charge < -0.3 is 5.32 Å². The Labute approximate surface area is 395 Å². The summed E-state index contributed by atoms with van der Waals surface area (Å²) in [5.74, 6) is 2.56. The number of pyridine rings is 2. The van der Waals surface area contributed by atoms with Gasteiger partial charge in [0, 0.05) is 63.9 Å². The Morgan fingerprint density at radius 1 is 0.456 bits per heavy atom. The van der Waals surface area contributed by atoms with E-state index in [4.69, 9.17) is 19.9 Å². The predicted octanol–water partition coefficient (Wildman–Crippen LogP) is 14.0. The molecule has 0 atom stereocenters. The molecule has 0 saturated carbocycles. The zero-order valence-electron chi connectivity index (χ0n) is 37.9. The molecule has 2 aliphatic rings. The summed E-state index contributed by atoms with van der Waals surface area (Å²) in [6, 6.07) is 62.3. The zero-order chi connectivity index (χ0) is 45.8. The Balaban J connectivity index is 1.07. The molecule has 0 amide bonds. The molecule has 1 aliphatic carbocycles. The van der Waals surface area contributed by atoms with E-state index in [0.717, 1.165) is 85.0 Å². The van der Waals surface area contributed by atoms with Crippen molar-refractivity contribution >= 4 is 16.6 Å². The van der Waals surface area contributed by atoms with Crippen LogP contribution in [-0.4, -0.2) is 37.3 Å². The van der Waals surface area contributed by atoms with E-state index in [9.17, 15) is 0 Å². The Hall–Kier alpha value is -8.68. The first-order chi connectivity index (χ1) is 33.3. The summed E-state index contributed by atoms with van der Waals surface area (Å²) in [7, 11) is 0. The average molecular weight is 876 g/mol. The SMILES string of the molecule is Cc1ccc(-c2cccc(-c3cc(-c4nc(-c5ccc(C6=NC=CCN6)cc5)nc(-c5ccc(-c6ccccn6)cc5)n4)cc(-c4cc5c(c6ccccc46)-c4ccccc4C5(C)C)c3)c2)nc1. The maximum Gasteiger partial charge on any atom is 0.164 e. The fraction of sp³-hybridized carbons (Fsp3) is 0.0820. The molecule has 0 bridgehead atoms. The molecule has 1 N–H and O–H groups in total. The predicted molar refractivity (Wildman–Crippen MR) is 277 cm³/mol. The smallest absolute Gasteiger partial charge is 0.164 e. The van der Waals surface area contributed by atoms with Crippen molar-refractivity contribution in [2.75, 3.05) is 6.54 Å². The molecule has 7 aromatic carbocycles. The van der Waals surface area contributed by atoms with Crippen LogP contribution in [0, 0.1) is 6.92 Å². The Morgan fingerprint density at radius 3 is 1.81 bits per heavy atom. The molecule has 3 aromatic heterocycles. The van der Waals surface area contributed by atoms with Crippen LogP contribution in [0.3, 0.4) is 0 Å². The molecule has 0 saturated heterocycles. The molecule has 0 radical (unpaired) electrons. The second-order valence-corrected chi connectivity index (χ2v) is 18.1. The minimum absolute atomic E-state index is 0.198. The highest BCUT2D eigenvalue weighted by Gasteiger charge is 2.37. The van der Waals surface area contributed by atoms with E-state index < -0.39 is 0 Å². The third-order valence-electron chi connectivity index (χ3n) is 13.3. The monoisotopic (exact) mass is 875 g/mol. The summed E-state index contributed by atoms with van der Waals surface area (Å²) in [5.41, 5.74) is 18.1. The van der Waals surface area contributed by atoms with Crippen LogP contribution in [0.5, 0.6) is 0 Å². The minimum atomic E-state index is -0.198. The second-order valence-electron chi connectivity index (χ2n) is 18.1. The fourth-order valence-corrected chi connectivity index (χ4v) is 9.79. The lowest BCUT2D eigenvalue weighted by atomic mass is 9.80. The number of aryl methyl sites for hydroxylation is 1. The van der Waals surface area contributed by atoms with Gasteiger partial charge in [-0.1, -0.05) is 141 Å². The lowest BCUT2D eigenvalue weighted by Crippen LogP contribution is -2.26. The Bertz CT molecular complexity index is 3630. The van der Waals surface area contributed by atoms with Gasteiger partial charge in [0.2, 0.25) is 0 Å². The van der Waals surface area contributed by atoms with Crippen molar-refractivity contribution in [3.8, 4) is 90.1 Å². The molecule has 12 rings (SSSR count). The van der Waals surface area contributed by atoms with Crippen LogP contribution in [0.2, 0.25) is 0 Å². The van der Waals surface area contributed by atoms with Gasteiger partial charge in [0.15, 0.2) is 17.5 Å². The first kappa shape index (κ1) is 40.8. The second kappa shape index (κ2) is 16.6. The van der Waals surface area contributed by atoms with Crippen molar-refractivity contribution in [2.24, 2.45) is 4.99 Å². The Morgan fingerprint density at radius 2 is 1.09 bits per heavy atom. The molecule has 1 aliphatic heterocycles. The van der Waals surface area contributed by atoms with Gasteiger partial charge >= 0.3 is 0 Å². The average Bonchev–Trinajstić information content (AvgIpc) is 3.64. The van der Waals surface area contributed by atoms with E-state index in [0.29, 0.717) is 17.5 Å². The number of aliphatic imine (C=N–C) groups is 1. The van der Waals surface area contributed by atoms with Gasteiger partial charge in [-0.3, -0.25) is 9.97 Å². The van der Waals surface area contributed by atoms with Gasteiger partial charge in [0.05, 0.1) is 11.4 Å². The number of aromatic nitrogens is 5. The van der Waals surface area contributed by atoms with Gasteiger partial charge in [-0.25, -0.2) is 19.9 Å². The molecule has 324 valence electrons. The maximum atomic E-state index is 5.32. The van der Waals surface area contributed by atoms with E-state index in [1.807, 2.05) is 42.9 Å². The van der Waals surface area contributed by atoms with Crippen LogP contribution in [0.1, 0.15) is 36.1 Å². The third kappa shape index (κ3) is 7.35. The summed E-state index contributed by atoms with van der Waals surface area (Å²) in [4.78, 5) is 29.8. The van der Waals surface area contributed by atoms with Gasteiger partial charge in [-0.2, -0.15) is 0 Å². The largest absolute Gasteiger partial charge is 0.366 e. The number of hydrogen-bond donors (Lipinski definition) is 1. The van der Waals surface area contributed by atoms with Crippen molar-refractivity contribution in [1.82, 2.24) is 30.2 Å². The van der Waals surface area contributed by atoms with Crippen molar-refractivity contribution in [3.63, 3.8) is 0 Å². The number of nitrogens with one attached hydrogen (secondary N) is 1. The van der Waals surface area contributed by atoms with Crippen molar-refractivity contribution in [2.45, 2.75) is 26.2 Å². The molecule has 10 aromatic rings. The number of nitrogens with zero attached hydrogens (tertiary/aromatic N) is 6. The quantitative estimate of drug-likeness (QED) is 0.164. The van der Waals surface area contributed by atoms with Crippen LogP contribution in [0.25, 0.3) is 101 Å². The molecule has 68 heavy (non-hydrogen) atoms. The molecule has 0 spiro atoms. The fourth-order valence-electron chi connectivity index (χ4n) is 9.79. The number of fused-ring (bicyclic) bond motifs is 5. The molecule has 0 fully saturated rings. The molecule has 4 heterocycles. The molecule has 7 nitrogen and oxygen atoms in total. The van der Waals surface area contributed by atoms with E-state index in [-0.39, 0.29) is 5.41 Å². The molecular weight excluding hydrogens is 831 g/mol. The van der Waals surface area contributed by atoms with Crippen LogP contribution < -0.4 is 5.32 Å². The zero-order valence-corrected chi connectivity index (χ0v) is 37.9. The van der Waals surface area contributed by atoms with Crippen LogP contribution in [0.15, 0.2) is 206 Å². The summed E-state index contributed by atoms with van der Waals surface area (Å²) >= 11 is 0. The number of hydrogen-bond acceptors (Lipinski definition) is 7. The van der Waals surface area contributed by atoms with E-state index in [1.165, 1.54) is 33.0 Å². The minimum Gasteiger partial charge on any atom is -0.366 e. The summed E-state index contributed by atoms with van der Waals surface area (Å²) in [6.07, 6.45) is 7.58.